The van der Waals surface area contributed by atoms with Crippen LogP contribution in [0.4, 0.5) is 5.82 Å². The Morgan fingerprint density at radius 3 is 2.47 bits per heavy atom. The molecule has 1 aromatic rings. The van der Waals surface area contributed by atoms with Gasteiger partial charge in [0, 0.05) is 30.5 Å². The van der Waals surface area contributed by atoms with Gasteiger partial charge in [-0.15, -0.1) is 0 Å². The molecule has 4 heterocycles. The van der Waals surface area contributed by atoms with Crippen molar-refractivity contribution in [2.24, 2.45) is 33.8 Å². The molecule has 13 atom stereocenters. The van der Waals surface area contributed by atoms with Gasteiger partial charge in [-0.1, -0.05) is 44.8 Å². The van der Waals surface area contributed by atoms with Crippen molar-refractivity contribution in [3.63, 3.8) is 0 Å². The molecule has 58 heavy (non-hydrogen) atoms. The number of ether oxygens (including phenoxy) is 5. The summed E-state index contributed by atoms with van der Waals surface area (Å²) in [5, 5.41) is 28.3. The second kappa shape index (κ2) is 20.0. The highest BCUT2D eigenvalue weighted by molar-refractivity contribution is 6.00. The van der Waals surface area contributed by atoms with E-state index in [1.807, 2.05) is 32.8 Å². The third-order valence-corrected chi connectivity index (χ3v) is 11.4. The number of likely N-dealkylation sites (N-methyl/N-ethyl adjacent to an activating group) is 1. The molecular weight excluding hydrogens is 750 g/mol. The van der Waals surface area contributed by atoms with E-state index in [1.165, 1.54) is 20.8 Å². The van der Waals surface area contributed by atoms with Gasteiger partial charge in [0.2, 0.25) is 5.91 Å². The third-order valence-electron chi connectivity index (χ3n) is 11.4. The SMILES string of the molecule is CC[C@H]1OC(=O)[C@H](C)C(=O)[C@H](C)[C@@H](O[C@@H]2O[C@H](C)C[C@H](N(C)C)[C@H]2O)[C@@]2(C)C[C@@H](C)C(=NC(C)=O)[C@H](C)[C@H](OC/C(=N\OCC#Cc3cccc(N)n3)CO2)[C@]1(C)O. The first-order valence-corrected chi connectivity index (χ1v) is 20.1. The fourth-order valence-corrected chi connectivity index (χ4v) is 8.41. The van der Waals surface area contributed by atoms with E-state index >= 15 is 0 Å². The van der Waals surface area contributed by atoms with E-state index in [0.717, 1.165) is 0 Å². The number of nitrogens with two attached hydrogens (primary N) is 1. The van der Waals surface area contributed by atoms with E-state index in [2.05, 4.69) is 27.0 Å². The molecule has 1 aromatic heterocycles. The van der Waals surface area contributed by atoms with E-state index in [9.17, 15) is 24.6 Å². The maximum absolute atomic E-state index is 14.5. The van der Waals surface area contributed by atoms with Crippen LogP contribution in [0.15, 0.2) is 28.3 Å². The predicted octanol–water partition coefficient (Wildman–Crippen LogP) is 2.95. The number of aromatic nitrogens is 1. The van der Waals surface area contributed by atoms with Gasteiger partial charge in [-0.3, -0.25) is 14.4 Å². The Labute approximate surface area is 342 Å². The van der Waals surface area contributed by atoms with Crippen LogP contribution in [-0.4, -0.2) is 137 Å². The number of amides is 1. The van der Waals surface area contributed by atoms with E-state index in [4.69, 9.17) is 34.3 Å². The minimum Gasteiger partial charge on any atom is -0.459 e. The Morgan fingerprint density at radius 1 is 1.12 bits per heavy atom. The molecule has 0 unspecified atom stereocenters. The van der Waals surface area contributed by atoms with E-state index in [0.29, 0.717) is 23.6 Å². The smallest absolute Gasteiger partial charge is 0.316 e. The Bertz CT molecular complexity index is 1740. The van der Waals surface area contributed by atoms with Crippen LogP contribution in [0.3, 0.4) is 0 Å². The van der Waals surface area contributed by atoms with E-state index < -0.39 is 83.2 Å². The zero-order valence-corrected chi connectivity index (χ0v) is 35.8. The molecule has 3 fully saturated rings. The minimum atomic E-state index is -1.86. The lowest BCUT2D eigenvalue weighted by molar-refractivity contribution is -0.296. The largest absolute Gasteiger partial charge is 0.459 e. The number of fused-ring (bicyclic) bond motifs is 5. The molecule has 0 saturated carbocycles. The molecule has 16 nitrogen and oxygen atoms in total. The monoisotopic (exact) mass is 813 g/mol. The summed E-state index contributed by atoms with van der Waals surface area (Å²) >= 11 is 0. The number of rotatable bonds is 6. The van der Waals surface area contributed by atoms with Crippen molar-refractivity contribution in [2.75, 3.05) is 39.6 Å². The van der Waals surface area contributed by atoms with Gasteiger partial charge in [-0.2, -0.15) is 0 Å². The molecule has 0 spiro atoms. The molecule has 0 radical (unpaired) electrons. The van der Waals surface area contributed by atoms with E-state index in [-0.39, 0.29) is 50.5 Å². The zero-order chi connectivity index (χ0) is 43.1. The Balaban J connectivity index is 1.91. The summed E-state index contributed by atoms with van der Waals surface area (Å²) in [6.45, 7) is 14.4. The number of hydrogen-bond acceptors (Lipinski definition) is 15. The number of oxime groups is 1. The summed E-state index contributed by atoms with van der Waals surface area (Å²) in [6, 6.07) is 4.77. The molecule has 4 N–H and O–H groups in total. The number of hydrogen-bond donors (Lipinski definition) is 3. The summed E-state index contributed by atoms with van der Waals surface area (Å²) in [5.41, 5.74) is 3.61. The lowest BCUT2D eigenvalue weighted by atomic mass is 9.73. The van der Waals surface area contributed by atoms with Crippen LogP contribution in [-0.2, 0) is 42.9 Å². The molecule has 0 aromatic carbocycles. The van der Waals surface area contributed by atoms with Gasteiger partial charge in [0.25, 0.3) is 0 Å². The van der Waals surface area contributed by atoms with Crippen molar-refractivity contribution < 1.29 is 53.1 Å². The molecule has 2 bridgehead atoms. The number of aliphatic hydroxyl groups is 2. The molecule has 0 aliphatic carbocycles. The highest BCUT2D eigenvalue weighted by atomic mass is 16.7. The second-order valence-electron chi connectivity index (χ2n) is 16.6. The molecule has 3 aliphatic rings. The molecule has 322 valence electrons. The van der Waals surface area contributed by atoms with Crippen LogP contribution in [0.25, 0.3) is 0 Å². The van der Waals surface area contributed by atoms with Crippen molar-refractivity contribution in [3.05, 3.63) is 23.9 Å². The molecule has 3 aliphatic heterocycles. The molecule has 3 saturated heterocycles. The number of nitrogens with zero attached hydrogens (tertiary/aromatic N) is 4. The predicted molar refractivity (Wildman–Crippen MR) is 216 cm³/mol. The average molecular weight is 814 g/mol. The molecular formula is C42H63N5O11. The zero-order valence-electron chi connectivity index (χ0n) is 35.8. The van der Waals surface area contributed by atoms with Gasteiger partial charge < -0.3 is 49.4 Å². The maximum atomic E-state index is 14.5. The summed E-state index contributed by atoms with van der Waals surface area (Å²) in [5.74, 6) is 0.674. The fourth-order valence-electron chi connectivity index (χ4n) is 8.41. The van der Waals surface area contributed by atoms with Crippen molar-refractivity contribution in [1.29, 1.82) is 0 Å². The molecule has 1 amide bonds. The summed E-state index contributed by atoms with van der Waals surface area (Å²) in [4.78, 5) is 57.2. The summed E-state index contributed by atoms with van der Waals surface area (Å²) < 4.78 is 32.3. The first-order valence-electron chi connectivity index (χ1n) is 20.1. The number of carbonyl (C=O) groups is 3. The Morgan fingerprint density at radius 2 is 1.83 bits per heavy atom. The van der Waals surface area contributed by atoms with E-state index in [1.54, 1.807) is 45.9 Å². The van der Waals surface area contributed by atoms with Crippen LogP contribution in [0.2, 0.25) is 0 Å². The van der Waals surface area contributed by atoms with Crippen LogP contribution in [0.5, 0.6) is 0 Å². The Hall–Kier alpha value is -3.82. The molecule has 16 heteroatoms. The summed E-state index contributed by atoms with van der Waals surface area (Å²) in [6.07, 6.45) is -5.20. The topological polar surface area (TPSA) is 214 Å². The number of anilines is 1. The first kappa shape index (κ1) is 46.9. The van der Waals surface area contributed by atoms with Crippen molar-refractivity contribution in [2.45, 2.75) is 136 Å². The highest BCUT2D eigenvalue weighted by Gasteiger charge is 2.53. The standard InChI is InChI=1S/C42H63N5O11/c1-12-32-42(9,52)38-25(4)34(44-28(7)48)23(2)20-41(8,54-22-30(21-53-38)46-55-18-14-16-29-15-13-17-33(43)45-29)37(26(5)35(49)27(6)39(51)57-32)58-40-36(50)31(47(10)11)19-24(3)56-40/h13,15,17,23-27,31-32,36-38,40,50,52H,12,18-22H2,1-11H3,(H2,43,45)/b44-34?,46-30+/t23-,24-,25+,26+,27-,31+,32-,36-,37-,38+,40+,41-,42-/m1/s1. The van der Waals surface area contributed by atoms with Gasteiger partial charge in [0.15, 0.2) is 18.7 Å². The lowest BCUT2D eigenvalue weighted by Crippen LogP contribution is -2.60. The number of esters is 1. The van der Waals surface area contributed by atoms with Crippen molar-refractivity contribution in [1.82, 2.24) is 9.88 Å². The van der Waals surface area contributed by atoms with Gasteiger partial charge in [0.05, 0.1) is 37.1 Å². The number of aliphatic hydroxyl groups excluding tert-OH is 1. The Kier molecular flexibility index (Phi) is 16.1. The van der Waals surface area contributed by atoms with Crippen LogP contribution in [0.1, 0.15) is 87.3 Å². The molecule has 4 rings (SSSR count). The van der Waals surface area contributed by atoms with Crippen LogP contribution >= 0.6 is 0 Å². The first-order chi connectivity index (χ1) is 27.2. The number of nitrogen functional groups attached to an aromatic ring is 1. The number of carbonyl (C=O) groups excluding carboxylic acids is 3. The minimum absolute atomic E-state index is 0.124. The van der Waals surface area contributed by atoms with Gasteiger partial charge in [0.1, 0.15) is 41.0 Å². The van der Waals surface area contributed by atoms with Crippen LogP contribution < -0.4 is 5.73 Å². The van der Waals surface area contributed by atoms with Crippen LogP contribution in [0, 0.1) is 35.5 Å². The number of Topliss-reactive ketones (excluding diaryl/α,β-unsaturated/α-hetero) is 1. The van der Waals surface area contributed by atoms with Crippen molar-refractivity contribution in [3.8, 4) is 11.8 Å². The lowest BCUT2D eigenvalue weighted by Gasteiger charge is -2.47. The number of aliphatic imine (C=N–C) groups is 1. The number of pyridine rings is 1. The second-order valence-corrected chi connectivity index (χ2v) is 16.6. The van der Waals surface area contributed by atoms with Gasteiger partial charge >= 0.3 is 5.97 Å². The van der Waals surface area contributed by atoms with Crippen molar-refractivity contribution >= 4 is 34.9 Å². The van der Waals surface area contributed by atoms with Gasteiger partial charge in [-0.05, 0) is 85.0 Å². The third kappa shape index (κ3) is 11.3. The highest BCUT2D eigenvalue weighted by Crippen LogP contribution is 2.40. The number of cyclic esters (lactones) is 1. The number of ketones is 1. The average Bonchev–Trinajstić information content (AvgIpc) is 3.17. The summed E-state index contributed by atoms with van der Waals surface area (Å²) in [7, 11) is 3.72. The maximum Gasteiger partial charge on any atom is 0.316 e. The normalized spacial score (nSPS) is 38.2. The quantitative estimate of drug-likeness (QED) is 0.124. The van der Waals surface area contributed by atoms with Gasteiger partial charge in [-0.25, -0.2) is 9.98 Å². The fraction of sp³-hybridized carbons (Fsp3) is 0.714.